The molecule has 2 amide bonds. The summed E-state index contributed by atoms with van der Waals surface area (Å²) in [5, 5.41) is 3.01. The number of amides is 2. The van der Waals surface area contributed by atoms with Gasteiger partial charge in [-0.15, -0.1) is 0 Å². The van der Waals surface area contributed by atoms with Crippen LogP contribution in [0.3, 0.4) is 0 Å². The zero-order valence-corrected chi connectivity index (χ0v) is 19.2. The molecule has 1 saturated heterocycles. The normalized spacial score (nSPS) is 21.7. The topological polar surface area (TPSA) is 95.2 Å². The molecule has 2 heterocycles. The van der Waals surface area contributed by atoms with Gasteiger partial charge in [-0.25, -0.2) is 4.98 Å². The molecule has 5 rings (SSSR count). The van der Waals surface area contributed by atoms with E-state index in [4.69, 9.17) is 0 Å². The highest BCUT2D eigenvalue weighted by molar-refractivity contribution is 6.02. The predicted molar refractivity (Wildman–Crippen MR) is 130 cm³/mol. The van der Waals surface area contributed by atoms with Crippen LogP contribution in [0.4, 0.5) is 5.69 Å². The molecule has 2 N–H and O–H groups in total. The zero-order valence-electron chi connectivity index (χ0n) is 19.2. The fraction of sp³-hybridized carbons (Fsp3) is 0.333. The van der Waals surface area contributed by atoms with Crippen LogP contribution in [0.2, 0.25) is 0 Å². The van der Waals surface area contributed by atoms with E-state index in [1.807, 2.05) is 47.4 Å². The Labute approximate surface area is 198 Å². The number of anilines is 1. The highest BCUT2D eigenvalue weighted by atomic mass is 16.2. The number of nitrogens with zero attached hydrogens (tertiary/aromatic N) is 2. The molecule has 1 saturated carbocycles. The van der Waals surface area contributed by atoms with Gasteiger partial charge < -0.3 is 15.2 Å². The molecule has 174 valence electrons. The lowest BCUT2D eigenvalue weighted by atomic mass is 9.84. The molecule has 2 aliphatic rings. The van der Waals surface area contributed by atoms with E-state index >= 15 is 0 Å². The summed E-state index contributed by atoms with van der Waals surface area (Å²) in [6.45, 7) is 1.77. The van der Waals surface area contributed by atoms with Crippen LogP contribution >= 0.6 is 0 Å². The van der Waals surface area contributed by atoms with Gasteiger partial charge in [-0.2, -0.15) is 0 Å². The van der Waals surface area contributed by atoms with Crippen LogP contribution in [0.5, 0.6) is 0 Å². The van der Waals surface area contributed by atoms with Gasteiger partial charge in [-0.1, -0.05) is 31.0 Å². The molecule has 0 spiro atoms. The molecular weight excluding hydrogens is 428 g/mol. The highest BCUT2D eigenvalue weighted by Gasteiger charge is 2.47. The number of benzene rings is 2. The van der Waals surface area contributed by atoms with Crippen LogP contribution in [0, 0.1) is 12.8 Å². The van der Waals surface area contributed by atoms with E-state index in [-0.39, 0.29) is 23.4 Å². The predicted octanol–water partition coefficient (Wildman–Crippen LogP) is 4.16. The molecule has 7 heteroatoms. The van der Waals surface area contributed by atoms with Crippen molar-refractivity contribution in [2.75, 3.05) is 5.32 Å². The SMILES string of the molecule is Cc1cc(=O)[nH]c(-c2ccc(NC(=O)[C@@H]3C[C@@H]4CCCC[C@@H]4N3C(=O)c3ccccc3)cc2)n1. The molecule has 0 radical (unpaired) electrons. The van der Waals surface area contributed by atoms with Gasteiger partial charge in [0.05, 0.1) is 0 Å². The summed E-state index contributed by atoms with van der Waals surface area (Å²) in [4.78, 5) is 47.5. The van der Waals surface area contributed by atoms with E-state index in [1.54, 1.807) is 19.1 Å². The number of hydrogen-bond donors (Lipinski definition) is 2. The second-order valence-electron chi connectivity index (χ2n) is 9.24. The van der Waals surface area contributed by atoms with Gasteiger partial charge in [0.1, 0.15) is 11.9 Å². The number of hydrogen-bond acceptors (Lipinski definition) is 4. The smallest absolute Gasteiger partial charge is 0.254 e. The third-order valence-corrected chi connectivity index (χ3v) is 6.94. The van der Waals surface area contributed by atoms with Crippen molar-refractivity contribution in [3.63, 3.8) is 0 Å². The van der Waals surface area contributed by atoms with Crippen LogP contribution in [-0.2, 0) is 4.79 Å². The van der Waals surface area contributed by atoms with Crippen LogP contribution in [-0.4, -0.2) is 38.8 Å². The minimum atomic E-state index is -0.490. The summed E-state index contributed by atoms with van der Waals surface area (Å²) in [7, 11) is 0. The first-order valence-electron chi connectivity index (χ1n) is 11.9. The standard InChI is InChI=1S/C27H28N4O3/c1-17-15-24(32)30-25(28-17)18-11-13-21(14-12-18)29-26(33)23-16-20-9-5-6-10-22(20)31(23)27(34)19-7-3-2-4-8-19/h2-4,7-8,11-15,20,22-23H,5-6,9-10,16H2,1H3,(H,29,33)(H,28,30,32)/t20-,22-,23-/m0/s1. The van der Waals surface area contributed by atoms with Crippen LogP contribution in [0.1, 0.15) is 48.2 Å². The van der Waals surface area contributed by atoms with E-state index in [1.165, 1.54) is 6.07 Å². The van der Waals surface area contributed by atoms with Crippen molar-refractivity contribution in [1.29, 1.82) is 0 Å². The van der Waals surface area contributed by atoms with E-state index in [0.29, 0.717) is 35.1 Å². The van der Waals surface area contributed by atoms with Crippen molar-refractivity contribution in [2.45, 2.75) is 51.1 Å². The quantitative estimate of drug-likeness (QED) is 0.616. The molecule has 34 heavy (non-hydrogen) atoms. The molecule has 1 aliphatic carbocycles. The number of carbonyl (C=O) groups excluding carboxylic acids is 2. The Bertz CT molecular complexity index is 1250. The Balaban J connectivity index is 1.36. The molecule has 7 nitrogen and oxygen atoms in total. The van der Waals surface area contributed by atoms with Crippen molar-refractivity contribution in [2.24, 2.45) is 5.92 Å². The first kappa shape index (κ1) is 22.1. The van der Waals surface area contributed by atoms with E-state index < -0.39 is 6.04 Å². The van der Waals surface area contributed by atoms with Gasteiger partial charge in [0, 0.05) is 34.6 Å². The number of aromatic nitrogens is 2. The molecule has 3 atom stereocenters. The summed E-state index contributed by atoms with van der Waals surface area (Å²) in [6, 6.07) is 17.5. The lowest BCUT2D eigenvalue weighted by Gasteiger charge is -2.33. The Morgan fingerprint density at radius 1 is 1.03 bits per heavy atom. The average molecular weight is 457 g/mol. The van der Waals surface area contributed by atoms with Crippen LogP contribution in [0.15, 0.2) is 65.5 Å². The summed E-state index contributed by atoms with van der Waals surface area (Å²) < 4.78 is 0. The maximum absolute atomic E-state index is 13.4. The molecule has 0 unspecified atom stereocenters. The fourth-order valence-electron chi connectivity index (χ4n) is 5.37. The maximum Gasteiger partial charge on any atom is 0.254 e. The average Bonchev–Trinajstić information content (AvgIpc) is 3.24. The lowest BCUT2D eigenvalue weighted by Crippen LogP contribution is -2.47. The van der Waals surface area contributed by atoms with Gasteiger partial charge in [0.2, 0.25) is 5.91 Å². The third kappa shape index (κ3) is 4.38. The first-order valence-corrected chi connectivity index (χ1v) is 11.9. The van der Waals surface area contributed by atoms with Crippen molar-refractivity contribution >= 4 is 17.5 Å². The zero-order chi connectivity index (χ0) is 23.7. The van der Waals surface area contributed by atoms with Gasteiger partial charge >= 0.3 is 0 Å². The molecule has 2 fully saturated rings. The largest absolute Gasteiger partial charge is 0.324 e. The number of H-pyrrole nitrogens is 1. The lowest BCUT2D eigenvalue weighted by molar-refractivity contribution is -0.120. The molecule has 1 aromatic heterocycles. The van der Waals surface area contributed by atoms with Gasteiger partial charge in [0.25, 0.3) is 11.5 Å². The molecule has 2 aromatic carbocycles. The molecule has 0 bridgehead atoms. The highest BCUT2D eigenvalue weighted by Crippen LogP contribution is 2.40. The monoisotopic (exact) mass is 456 g/mol. The van der Waals surface area contributed by atoms with Gasteiger partial charge in [-0.3, -0.25) is 14.4 Å². The minimum Gasteiger partial charge on any atom is -0.324 e. The Hall–Kier alpha value is -3.74. The van der Waals surface area contributed by atoms with Crippen LogP contribution < -0.4 is 10.9 Å². The number of aromatic amines is 1. The molecule has 1 aliphatic heterocycles. The second kappa shape index (κ2) is 9.25. The first-order chi connectivity index (χ1) is 16.5. The fourth-order valence-corrected chi connectivity index (χ4v) is 5.37. The van der Waals surface area contributed by atoms with Crippen LogP contribution in [0.25, 0.3) is 11.4 Å². The third-order valence-electron chi connectivity index (χ3n) is 6.94. The molecule has 3 aromatic rings. The number of fused-ring (bicyclic) bond motifs is 1. The van der Waals surface area contributed by atoms with Crippen molar-refractivity contribution in [3.8, 4) is 11.4 Å². The van der Waals surface area contributed by atoms with E-state index in [2.05, 4.69) is 15.3 Å². The van der Waals surface area contributed by atoms with Crippen molar-refractivity contribution < 1.29 is 9.59 Å². The Morgan fingerprint density at radius 3 is 2.50 bits per heavy atom. The second-order valence-corrected chi connectivity index (χ2v) is 9.24. The summed E-state index contributed by atoms with van der Waals surface area (Å²) in [5.41, 5.74) is 2.46. The van der Waals surface area contributed by atoms with Crippen molar-refractivity contribution in [1.82, 2.24) is 14.9 Å². The summed E-state index contributed by atoms with van der Waals surface area (Å²) in [6.07, 6.45) is 4.94. The summed E-state index contributed by atoms with van der Waals surface area (Å²) >= 11 is 0. The van der Waals surface area contributed by atoms with Gasteiger partial charge in [0.15, 0.2) is 0 Å². The van der Waals surface area contributed by atoms with Crippen molar-refractivity contribution in [3.05, 3.63) is 82.3 Å². The number of nitrogens with one attached hydrogen (secondary N) is 2. The number of rotatable bonds is 4. The number of carbonyl (C=O) groups is 2. The Morgan fingerprint density at radius 2 is 1.76 bits per heavy atom. The van der Waals surface area contributed by atoms with Gasteiger partial charge in [-0.05, 0) is 68.5 Å². The van der Waals surface area contributed by atoms with E-state index in [9.17, 15) is 14.4 Å². The number of likely N-dealkylation sites (tertiary alicyclic amines) is 1. The number of aryl methyl sites for hydroxylation is 1. The minimum absolute atomic E-state index is 0.0695. The Kier molecular flexibility index (Phi) is 6.01. The maximum atomic E-state index is 13.4. The summed E-state index contributed by atoms with van der Waals surface area (Å²) in [5.74, 6) is 0.625. The van der Waals surface area contributed by atoms with E-state index in [0.717, 1.165) is 31.2 Å². The molecular formula is C27H28N4O3.